The number of nitriles is 1. The highest BCUT2D eigenvalue weighted by Crippen LogP contribution is 2.22. The average Bonchev–Trinajstić information content (AvgIpc) is 3.00. The largest absolute Gasteiger partial charge is 0.480 e. The Morgan fingerprint density at radius 2 is 2.13 bits per heavy atom. The highest BCUT2D eigenvalue weighted by molar-refractivity contribution is 7.99. The van der Waals surface area contributed by atoms with Gasteiger partial charge in [0.1, 0.15) is 6.04 Å². The Balaban J connectivity index is 1.86. The third-order valence-corrected chi connectivity index (χ3v) is 4.77. The Hall–Kier alpha value is -2.04. The number of hydrogen-bond donors (Lipinski definition) is 1. The van der Waals surface area contributed by atoms with Gasteiger partial charge in [-0.2, -0.15) is 5.26 Å². The first-order valence-corrected chi connectivity index (χ1v) is 8.32. The fourth-order valence-corrected chi connectivity index (χ4v) is 3.36. The molecule has 1 fully saturated rings. The van der Waals surface area contributed by atoms with Crippen LogP contribution in [0, 0.1) is 11.3 Å². The zero-order chi connectivity index (χ0) is 16.8. The molecule has 122 valence electrons. The summed E-state index contributed by atoms with van der Waals surface area (Å²) < 4.78 is 5.18. The van der Waals surface area contributed by atoms with Crippen LogP contribution in [-0.4, -0.2) is 53.4 Å². The minimum Gasteiger partial charge on any atom is -0.480 e. The van der Waals surface area contributed by atoms with E-state index in [1.54, 1.807) is 12.1 Å². The normalized spacial score (nSPS) is 20.3. The van der Waals surface area contributed by atoms with Crippen LogP contribution in [0.4, 0.5) is 0 Å². The van der Waals surface area contributed by atoms with Gasteiger partial charge in [-0.1, -0.05) is 12.1 Å². The minimum atomic E-state index is -0.991. The summed E-state index contributed by atoms with van der Waals surface area (Å²) in [5, 5.41) is 18.0. The van der Waals surface area contributed by atoms with E-state index in [-0.39, 0.29) is 17.8 Å². The number of carboxylic acids is 1. The number of hydrogen-bond acceptors (Lipinski definition) is 5. The zero-order valence-corrected chi connectivity index (χ0v) is 13.6. The van der Waals surface area contributed by atoms with Crippen molar-refractivity contribution in [2.45, 2.75) is 24.3 Å². The first-order valence-electron chi connectivity index (χ1n) is 7.17. The van der Waals surface area contributed by atoms with Gasteiger partial charge in [-0.25, -0.2) is 4.79 Å². The Kier molecular flexibility index (Phi) is 6.02. The molecule has 0 aliphatic carbocycles. The molecule has 2 unspecified atom stereocenters. The highest BCUT2D eigenvalue weighted by atomic mass is 32.2. The first-order chi connectivity index (χ1) is 11.0. The van der Waals surface area contributed by atoms with E-state index >= 15 is 0 Å². The Morgan fingerprint density at radius 1 is 1.43 bits per heavy atom. The SMILES string of the molecule is COC1CC(C(=O)O)N(C(=O)CSCc2ccc(C#N)cc2)C1. The second kappa shape index (κ2) is 7.99. The molecule has 0 bridgehead atoms. The van der Waals surface area contributed by atoms with Crippen LogP contribution >= 0.6 is 11.8 Å². The number of methoxy groups -OCH3 is 1. The molecular formula is C16H18N2O4S. The molecule has 2 rings (SSSR count). The lowest BCUT2D eigenvalue weighted by Crippen LogP contribution is -2.41. The van der Waals surface area contributed by atoms with Crippen LogP contribution in [0.5, 0.6) is 0 Å². The number of rotatable bonds is 6. The van der Waals surface area contributed by atoms with Crippen molar-refractivity contribution >= 4 is 23.6 Å². The van der Waals surface area contributed by atoms with E-state index in [0.717, 1.165) is 5.56 Å². The van der Waals surface area contributed by atoms with Gasteiger partial charge in [0.2, 0.25) is 5.91 Å². The van der Waals surface area contributed by atoms with E-state index in [2.05, 4.69) is 6.07 Å². The molecule has 7 heteroatoms. The van der Waals surface area contributed by atoms with Gasteiger partial charge in [-0.15, -0.1) is 11.8 Å². The first kappa shape index (κ1) is 17.3. The van der Waals surface area contributed by atoms with Crippen LogP contribution in [-0.2, 0) is 20.1 Å². The smallest absolute Gasteiger partial charge is 0.326 e. The van der Waals surface area contributed by atoms with Crippen LogP contribution in [0.25, 0.3) is 0 Å². The number of carboxylic acid groups (broad SMARTS) is 1. The maximum Gasteiger partial charge on any atom is 0.326 e. The number of carbonyl (C=O) groups is 2. The summed E-state index contributed by atoms with van der Waals surface area (Å²) in [6.45, 7) is 0.323. The number of likely N-dealkylation sites (tertiary alicyclic amines) is 1. The number of thioether (sulfide) groups is 1. The zero-order valence-electron chi connectivity index (χ0n) is 12.8. The van der Waals surface area contributed by atoms with E-state index in [4.69, 9.17) is 10.00 Å². The summed E-state index contributed by atoms with van der Waals surface area (Å²) >= 11 is 1.43. The van der Waals surface area contributed by atoms with Gasteiger partial charge in [0.15, 0.2) is 0 Å². The molecule has 0 saturated carbocycles. The molecule has 0 aromatic heterocycles. The van der Waals surface area contributed by atoms with Gasteiger partial charge in [0.05, 0.1) is 23.5 Å². The lowest BCUT2D eigenvalue weighted by atomic mass is 10.2. The number of benzene rings is 1. The maximum atomic E-state index is 12.3. The summed E-state index contributed by atoms with van der Waals surface area (Å²) in [6, 6.07) is 8.44. The van der Waals surface area contributed by atoms with Gasteiger partial charge in [0.25, 0.3) is 0 Å². The van der Waals surface area contributed by atoms with Crippen LogP contribution in [0.15, 0.2) is 24.3 Å². The van der Waals surface area contributed by atoms with Crippen LogP contribution in [0.3, 0.4) is 0 Å². The summed E-state index contributed by atoms with van der Waals surface area (Å²) in [5.41, 5.74) is 1.62. The third kappa shape index (κ3) is 4.47. The monoisotopic (exact) mass is 334 g/mol. The van der Waals surface area contributed by atoms with Gasteiger partial charge in [0, 0.05) is 25.8 Å². The van der Waals surface area contributed by atoms with Crippen molar-refractivity contribution in [3.8, 4) is 6.07 Å². The molecule has 2 atom stereocenters. The molecule has 1 aromatic rings. The fourth-order valence-electron chi connectivity index (χ4n) is 2.49. The maximum absolute atomic E-state index is 12.3. The van der Waals surface area contributed by atoms with Crippen LogP contribution in [0.2, 0.25) is 0 Å². The summed E-state index contributed by atoms with van der Waals surface area (Å²) in [5.74, 6) is -0.317. The second-order valence-electron chi connectivity index (χ2n) is 5.30. The molecule has 0 radical (unpaired) electrons. The van der Waals surface area contributed by atoms with Crippen molar-refractivity contribution in [2.75, 3.05) is 19.4 Å². The predicted molar refractivity (Wildman–Crippen MR) is 85.9 cm³/mol. The van der Waals surface area contributed by atoms with Crippen molar-refractivity contribution in [1.29, 1.82) is 5.26 Å². The van der Waals surface area contributed by atoms with Crippen molar-refractivity contribution in [1.82, 2.24) is 4.90 Å². The second-order valence-corrected chi connectivity index (χ2v) is 6.28. The summed E-state index contributed by atoms with van der Waals surface area (Å²) in [4.78, 5) is 24.9. The standard InChI is InChI=1S/C16H18N2O4S/c1-22-13-6-14(16(20)21)18(8-13)15(19)10-23-9-12-4-2-11(7-17)3-5-12/h2-5,13-14H,6,8-10H2,1H3,(H,20,21). The summed E-state index contributed by atoms with van der Waals surface area (Å²) in [7, 11) is 1.53. The molecule has 1 aliphatic heterocycles. The molecule has 1 N–H and O–H groups in total. The molecule has 1 saturated heterocycles. The van der Waals surface area contributed by atoms with E-state index in [0.29, 0.717) is 24.3 Å². The quantitative estimate of drug-likeness (QED) is 0.847. The van der Waals surface area contributed by atoms with Crippen molar-refractivity contribution in [3.05, 3.63) is 35.4 Å². The third-order valence-electron chi connectivity index (χ3n) is 3.78. The molecule has 6 nitrogen and oxygen atoms in total. The van der Waals surface area contributed by atoms with Crippen molar-refractivity contribution in [3.63, 3.8) is 0 Å². The Morgan fingerprint density at radius 3 is 2.70 bits per heavy atom. The topological polar surface area (TPSA) is 90.6 Å². The van der Waals surface area contributed by atoms with Crippen LogP contribution < -0.4 is 0 Å². The molecule has 1 heterocycles. The number of ether oxygens (including phenoxy) is 1. The Bertz CT molecular complexity index is 612. The highest BCUT2D eigenvalue weighted by Gasteiger charge is 2.39. The molecule has 0 spiro atoms. The number of aliphatic carboxylic acids is 1. The summed E-state index contributed by atoms with van der Waals surface area (Å²) in [6.07, 6.45) is 0.112. The van der Waals surface area contributed by atoms with E-state index in [9.17, 15) is 14.7 Å². The Labute approximate surface area is 139 Å². The van der Waals surface area contributed by atoms with Gasteiger partial charge >= 0.3 is 5.97 Å². The van der Waals surface area contributed by atoms with E-state index in [1.165, 1.54) is 23.8 Å². The van der Waals surface area contributed by atoms with Gasteiger partial charge in [-0.3, -0.25) is 4.79 Å². The molecule has 1 aliphatic rings. The van der Waals surface area contributed by atoms with Gasteiger partial charge < -0.3 is 14.7 Å². The van der Waals surface area contributed by atoms with Crippen molar-refractivity contribution < 1.29 is 19.4 Å². The average molecular weight is 334 g/mol. The van der Waals surface area contributed by atoms with E-state index < -0.39 is 12.0 Å². The van der Waals surface area contributed by atoms with Crippen molar-refractivity contribution in [2.24, 2.45) is 0 Å². The van der Waals surface area contributed by atoms with Crippen LogP contribution in [0.1, 0.15) is 17.5 Å². The number of nitrogens with zero attached hydrogens (tertiary/aromatic N) is 2. The minimum absolute atomic E-state index is 0.185. The lowest BCUT2D eigenvalue weighted by Gasteiger charge is -2.21. The molecular weight excluding hydrogens is 316 g/mol. The van der Waals surface area contributed by atoms with Gasteiger partial charge in [-0.05, 0) is 17.7 Å². The van der Waals surface area contributed by atoms with E-state index in [1.807, 2.05) is 12.1 Å². The molecule has 1 amide bonds. The molecule has 23 heavy (non-hydrogen) atoms. The fraction of sp³-hybridized carbons (Fsp3) is 0.438. The predicted octanol–water partition coefficient (Wildman–Crippen LogP) is 1.49. The molecule has 1 aromatic carbocycles. The number of amides is 1. The lowest BCUT2D eigenvalue weighted by molar-refractivity contribution is -0.147. The number of carbonyl (C=O) groups excluding carboxylic acids is 1.